The number of β-lactam (4-membered cyclic amide) rings is 1. The van der Waals surface area contributed by atoms with Crippen LogP contribution in [-0.4, -0.2) is 56.9 Å². The van der Waals surface area contributed by atoms with Crippen LogP contribution >= 0.6 is 46.6 Å². The van der Waals surface area contributed by atoms with Crippen LogP contribution in [0.15, 0.2) is 11.3 Å². The Morgan fingerprint density at radius 1 is 1.39 bits per heavy atom. The van der Waals surface area contributed by atoms with Crippen molar-refractivity contribution >= 4 is 64.4 Å². The molecule has 2 atom stereocenters. The number of carbonyl (C=O) groups is 3. The molecule has 2 rings (SSSR count). The summed E-state index contributed by atoms with van der Waals surface area (Å²) in [5, 5.41) is -0.362. The molecule has 23 heavy (non-hydrogen) atoms. The lowest BCUT2D eigenvalue weighted by molar-refractivity contribution is -0.151. The number of nitrogens with zero attached hydrogens (tertiary/aromatic N) is 1. The third-order valence-electron chi connectivity index (χ3n) is 3.10. The van der Waals surface area contributed by atoms with Gasteiger partial charge in [-0.15, -0.1) is 11.8 Å². The number of thioether (sulfide) groups is 1. The molecular formula is C12H13Cl3N2O5S. The van der Waals surface area contributed by atoms with Crippen molar-refractivity contribution in [2.75, 3.05) is 19.0 Å². The highest BCUT2D eigenvalue weighted by Gasteiger charge is 2.52. The van der Waals surface area contributed by atoms with Crippen molar-refractivity contribution in [1.82, 2.24) is 4.90 Å². The minimum Gasteiger partial charge on any atom is -0.461 e. The fourth-order valence-electron chi connectivity index (χ4n) is 2.08. The minimum atomic E-state index is -1.77. The molecule has 1 unspecified atom stereocenters. The average molecular weight is 404 g/mol. The van der Waals surface area contributed by atoms with Gasteiger partial charge in [0.1, 0.15) is 30.3 Å². The molecule has 2 heterocycles. The van der Waals surface area contributed by atoms with E-state index in [9.17, 15) is 14.4 Å². The fraction of sp³-hybridized carbons (Fsp3) is 0.583. The summed E-state index contributed by atoms with van der Waals surface area (Å²) in [5.74, 6) is -1.38. The maximum absolute atomic E-state index is 12.3. The Morgan fingerprint density at radius 2 is 2.04 bits per heavy atom. The molecule has 0 bridgehead atoms. The summed E-state index contributed by atoms with van der Waals surface area (Å²) >= 11 is 18.0. The molecule has 2 aliphatic heterocycles. The predicted octanol–water partition coefficient (Wildman–Crippen LogP) is 0.959. The number of carbonyl (C=O) groups excluding carboxylic acids is 3. The standard InChI is InChI=1S/C12H13Cl3N2O5S/c1-5(18)21-2-6-3-23-10-7(16)9(19)17(10)8(6)11(20)22-4-12(13,14)15/h7,10H,2-4,16H2,1H3/t7?,10-/m0/s1. The maximum Gasteiger partial charge on any atom is 0.355 e. The predicted molar refractivity (Wildman–Crippen MR) is 86.0 cm³/mol. The van der Waals surface area contributed by atoms with E-state index in [-0.39, 0.29) is 17.7 Å². The van der Waals surface area contributed by atoms with Crippen LogP contribution in [0.2, 0.25) is 0 Å². The number of fused-ring (bicyclic) bond motifs is 1. The van der Waals surface area contributed by atoms with Crippen molar-refractivity contribution in [1.29, 1.82) is 0 Å². The quantitative estimate of drug-likeness (QED) is 0.424. The first kappa shape index (κ1) is 18.7. The zero-order chi connectivity index (χ0) is 17.4. The van der Waals surface area contributed by atoms with E-state index >= 15 is 0 Å². The van der Waals surface area contributed by atoms with Gasteiger partial charge in [-0.1, -0.05) is 34.8 Å². The zero-order valence-electron chi connectivity index (χ0n) is 11.9. The van der Waals surface area contributed by atoms with E-state index < -0.39 is 34.3 Å². The van der Waals surface area contributed by atoms with Crippen molar-refractivity contribution in [2.24, 2.45) is 5.73 Å². The lowest BCUT2D eigenvalue weighted by Crippen LogP contribution is -2.68. The Kier molecular flexibility index (Phi) is 5.73. The summed E-state index contributed by atoms with van der Waals surface area (Å²) in [5.41, 5.74) is 6.15. The second kappa shape index (κ2) is 7.06. The van der Waals surface area contributed by atoms with Gasteiger partial charge in [0, 0.05) is 18.2 Å². The molecule has 1 saturated heterocycles. The number of rotatable bonds is 4. The van der Waals surface area contributed by atoms with E-state index in [2.05, 4.69) is 0 Å². The molecule has 2 aliphatic rings. The van der Waals surface area contributed by atoms with Crippen LogP contribution in [0, 0.1) is 0 Å². The maximum atomic E-state index is 12.3. The van der Waals surface area contributed by atoms with Crippen LogP contribution in [-0.2, 0) is 23.9 Å². The fourth-order valence-corrected chi connectivity index (χ4v) is 3.52. The summed E-state index contributed by atoms with van der Waals surface area (Å²) < 4.78 is 8.08. The summed E-state index contributed by atoms with van der Waals surface area (Å²) in [6.07, 6.45) is 0. The van der Waals surface area contributed by atoms with Gasteiger partial charge in [0.05, 0.1) is 0 Å². The Bertz CT molecular complexity index is 578. The van der Waals surface area contributed by atoms with Crippen LogP contribution in [0.3, 0.4) is 0 Å². The minimum absolute atomic E-state index is 0.00375. The molecule has 0 saturated carbocycles. The normalized spacial score (nSPS) is 24.0. The van der Waals surface area contributed by atoms with Crippen molar-refractivity contribution in [3.05, 3.63) is 11.3 Å². The van der Waals surface area contributed by atoms with Gasteiger partial charge in [0.25, 0.3) is 0 Å². The van der Waals surface area contributed by atoms with Crippen molar-refractivity contribution in [3.8, 4) is 0 Å². The molecule has 11 heteroatoms. The average Bonchev–Trinajstić information content (AvgIpc) is 2.47. The third-order valence-corrected chi connectivity index (χ3v) is 4.79. The van der Waals surface area contributed by atoms with Gasteiger partial charge in [-0.05, 0) is 0 Å². The monoisotopic (exact) mass is 402 g/mol. The van der Waals surface area contributed by atoms with E-state index in [1.54, 1.807) is 0 Å². The van der Waals surface area contributed by atoms with Gasteiger partial charge in [-0.2, -0.15) is 0 Å². The lowest BCUT2D eigenvalue weighted by atomic mass is 10.0. The van der Waals surface area contributed by atoms with E-state index in [4.69, 9.17) is 50.0 Å². The van der Waals surface area contributed by atoms with Crippen molar-refractivity contribution < 1.29 is 23.9 Å². The number of hydrogen-bond acceptors (Lipinski definition) is 7. The molecule has 7 nitrogen and oxygen atoms in total. The van der Waals surface area contributed by atoms with Gasteiger partial charge >= 0.3 is 11.9 Å². The number of halogens is 3. The summed E-state index contributed by atoms with van der Waals surface area (Å²) in [6, 6.07) is -0.689. The van der Waals surface area contributed by atoms with Gasteiger partial charge in [0.15, 0.2) is 0 Å². The number of amides is 1. The van der Waals surface area contributed by atoms with Crippen molar-refractivity contribution in [3.63, 3.8) is 0 Å². The molecule has 0 spiro atoms. The summed E-state index contributed by atoms with van der Waals surface area (Å²) in [4.78, 5) is 36.5. The second-order valence-electron chi connectivity index (χ2n) is 4.86. The van der Waals surface area contributed by atoms with Crippen LogP contribution in [0.5, 0.6) is 0 Å². The van der Waals surface area contributed by atoms with Crippen LogP contribution in [0.4, 0.5) is 0 Å². The molecule has 0 aromatic rings. The van der Waals surface area contributed by atoms with E-state index in [1.165, 1.54) is 23.6 Å². The first-order valence-electron chi connectivity index (χ1n) is 6.41. The van der Waals surface area contributed by atoms with Gasteiger partial charge < -0.3 is 15.2 Å². The van der Waals surface area contributed by atoms with Crippen molar-refractivity contribution in [2.45, 2.75) is 22.1 Å². The molecule has 2 N–H and O–H groups in total. The third kappa shape index (κ3) is 4.24. The summed E-state index contributed by atoms with van der Waals surface area (Å²) in [6.45, 7) is 0.629. The Morgan fingerprint density at radius 3 is 2.61 bits per heavy atom. The molecule has 0 aliphatic carbocycles. The van der Waals surface area contributed by atoms with Crippen LogP contribution in [0.25, 0.3) is 0 Å². The number of ether oxygens (including phenoxy) is 2. The molecular weight excluding hydrogens is 391 g/mol. The Labute approximate surface area is 151 Å². The number of hydrogen-bond donors (Lipinski definition) is 1. The molecule has 1 fully saturated rings. The molecule has 0 aromatic carbocycles. The first-order valence-corrected chi connectivity index (χ1v) is 8.59. The number of nitrogens with two attached hydrogens (primary N) is 1. The molecule has 128 valence electrons. The lowest BCUT2D eigenvalue weighted by Gasteiger charge is -2.48. The van der Waals surface area contributed by atoms with Gasteiger partial charge in [0.2, 0.25) is 9.70 Å². The van der Waals surface area contributed by atoms with E-state index in [0.717, 1.165) is 0 Å². The Balaban J connectivity index is 2.23. The topological polar surface area (TPSA) is 98.9 Å². The summed E-state index contributed by atoms with van der Waals surface area (Å²) in [7, 11) is 0. The highest BCUT2D eigenvalue weighted by Crippen LogP contribution is 2.40. The van der Waals surface area contributed by atoms with Crippen LogP contribution in [0.1, 0.15) is 6.92 Å². The first-order chi connectivity index (χ1) is 10.6. The van der Waals surface area contributed by atoms with Crippen LogP contribution < -0.4 is 5.73 Å². The smallest absolute Gasteiger partial charge is 0.355 e. The van der Waals surface area contributed by atoms with Gasteiger partial charge in [-0.3, -0.25) is 14.5 Å². The van der Waals surface area contributed by atoms with E-state index in [1.807, 2.05) is 0 Å². The van der Waals surface area contributed by atoms with E-state index in [0.29, 0.717) is 11.3 Å². The molecule has 0 radical (unpaired) electrons. The highest BCUT2D eigenvalue weighted by molar-refractivity contribution is 8.00. The highest BCUT2D eigenvalue weighted by atomic mass is 35.6. The Hall–Kier alpha value is -0.670. The largest absolute Gasteiger partial charge is 0.461 e. The van der Waals surface area contributed by atoms with Gasteiger partial charge in [-0.25, -0.2) is 4.79 Å². The molecule has 0 aromatic heterocycles. The number of esters is 2. The molecule has 1 amide bonds. The second-order valence-corrected chi connectivity index (χ2v) is 8.48. The number of alkyl halides is 3. The zero-order valence-corrected chi connectivity index (χ0v) is 15.0. The SMILES string of the molecule is CC(=O)OCC1=C(C(=O)OCC(Cl)(Cl)Cl)N2C(=O)C(N)[C@@H]2SC1.